The fraction of sp³-hybridized carbons (Fsp3) is 0.0833. The van der Waals surface area contributed by atoms with Gasteiger partial charge in [0.1, 0.15) is 0 Å². The van der Waals surface area contributed by atoms with E-state index in [-0.39, 0.29) is 12.0 Å². The second kappa shape index (κ2) is 4.61. The van der Waals surface area contributed by atoms with Crippen LogP contribution in [0.25, 0.3) is 5.69 Å². The Balaban J connectivity index is 2.47. The van der Waals surface area contributed by atoms with Crippen molar-refractivity contribution in [3.63, 3.8) is 0 Å². The Morgan fingerprint density at radius 3 is 2.53 bits per heavy atom. The second-order valence-corrected chi connectivity index (χ2v) is 3.48. The topological polar surface area (TPSA) is 72.2 Å². The molecule has 0 amide bonds. The van der Waals surface area contributed by atoms with Crippen LogP contribution in [0.4, 0.5) is 0 Å². The Morgan fingerprint density at radius 1 is 1.18 bits per heavy atom. The number of para-hydroxylation sites is 1. The first-order chi connectivity index (χ1) is 8.16. The molecular formula is C12H10N2O3. The van der Waals surface area contributed by atoms with Gasteiger partial charge in [-0.05, 0) is 18.2 Å². The molecule has 0 radical (unpaired) electrons. The maximum atomic E-state index is 11.6. The molecule has 1 heterocycles. The van der Waals surface area contributed by atoms with E-state index in [1.165, 1.54) is 16.8 Å². The van der Waals surface area contributed by atoms with Gasteiger partial charge in [-0.15, -0.1) is 0 Å². The number of aromatic nitrogens is 2. The Labute approximate surface area is 97.0 Å². The Morgan fingerprint density at radius 2 is 1.88 bits per heavy atom. The van der Waals surface area contributed by atoms with E-state index in [9.17, 15) is 9.59 Å². The van der Waals surface area contributed by atoms with Gasteiger partial charge in [0.25, 0.3) is 5.56 Å². The number of aliphatic carboxylic acids is 1. The molecule has 0 unspecified atom stereocenters. The normalized spacial score (nSPS) is 10.1. The third-order valence-corrected chi connectivity index (χ3v) is 2.19. The van der Waals surface area contributed by atoms with E-state index in [0.29, 0.717) is 11.4 Å². The van der Waals surface area contributed by atoms with Crippen molar-refractivity contribution in [2.24, 2.45) is 0 Å². The van der Waals surface area contributed by atoms with E-state index in [1.807, 2.05) is 6.07 Å². The Hall–Kier alpha value is -2.43. The number of carboxylic acid groups (broad SMARTS) is 1. The summed E-state index contributed by atoms with van der Waals surface area (Å²) >= 11 is 0. The molecular weight excluding hydrogens is 220 g/mol. The summed E-state index contributed by atoms with van der Waals surface area (Å²) < 4.78 is 1.19. The average molecular weight is 230 g/mol. The summed E-state index contributed by atoms with van der Waals surface area (Å²) in [6, 6.07) is 11.6. The van der Waals surface area contributed by atoms with Crippen molar-refractivity contribution >= 4 is 5.97 Å². The molecule has 0 aliphatic rings. The predicted molar refractivity (Wildman–Crippen MR) is 61.2 cm³/mol. The summed E-state index contributed by atoms with van der Waals surface area (Å²) in [6.45, 7) is 0. The molecule has 86 valence electrons. The molecule has 17 heavy (non-hydrogen) atoms. The molecule has 1 aromatic heterocycles. The summed E-state index contributed by atoms with van der Waals surface area (Å²) in [5.74, 6) is -0.976. The smallest absolute Gasteiger partial charge is 0.309 e. The van der Waals surface area contributed by atoms with E-state index in [4.69, 9.17) is 5.11 Å². The molecule has 2 aromatic rings. The number of rotatable bonds is 3. The Kier molecular flexibility index (Phi) is 3.00. The number of benzene rings is 1. The lowest BCUT2D eigenvalue weighted by Gasteiger charge is -2.05. The zero-order valence-electron chi connectivity index (χ0n) is 8.91. The zero-order chi connectivity index (χ0) is 12.3. The molecule has 0 spiro atoms. The minimum Gasteiger partial charge on any atom is -0.481 e. The van der Waals surface area contributed by atoms with Crippen LogP contribution in [0.5, 0.6) is 0 Å². The summed E-state index contributed by atoms with van der Waals surface area (Å²) in [5.41, 5.74) is 0.677. The van der Waals surface area contributed by atoms with Crippen molar-refractivity contribution in [1.82, 2.24) is 9.78 Å². The van der Waals surface area contributed by atoms with E-state index in [0.717, 1.165) is 0 Å². The van der Waals surface area contributed by atoms with Crippen molar-refractivity contribution in [3.8, 4) is 5.69 Å². The molecule has 1 aromatic carbocycles. The number of nitrogens with zero attached hydrogens (tertiary/aromatic N) is 2. The molecule has 5 heteroatoms. The van der Waals surface area contributed by atoms with Gasteiger partial charge in [0.15, 0.2) is 0 Å². The van der Waals surface area contributed by atoms with E-state index in [1.54, 1.807) is 24.3 Å². The first-order valence-electron chi connectivity index (χ1n) is 5.03. The molecule has 0 aliphatic carbocycles. The number of carbonyl (C=O) groups is 1. The maximum Gasteiger partial charge on any atom is 0.309 e. The first-order valence-corrected chi connectivity index (χ1v) is 5.03. The average Bonchev–Trinajstić information content (AvgIpc) is 2.32. The lowest BCUT2D eigenvalue weighted by molar-refractivity contribution is -0.136. The largest absolute Gasteiger partial charge is 0.481 e. The molecule has 2 rings (SSSR count). The van der Waals surface area contributed by atoms with Gasteiger partial charge in [-0.2, -0.15) is 9.78 Å². The standard InChI is InChI=1S/C12H10N2O3/c15-11-7-6-9(8-12(16)17)13-14(11)10-4-2-1-3-5-10/h1-7H,8H2,(H,16,17). The fourth-order valence-corrected chi connectivity index (χ4v) is 1.45. The lowest BCUT2D eigenvalue weighted by Crippen LogP contribution is -2.22. The summed E-state index contributed by atoms with van der Waals surface area (Å²) in [4.78, 5) is 22.2. The molecule has 0 saturated heterocycles. The van der Waals surface area contributed by atoms with Crippen molar-refractivity contribution in [3.05, 3.63) is 58.5 Å². The monoisotopic (exact) mass is 230 g/mol. The number of hydrogen-bond acceptors (Lipinski definition) is 3. The van der Waals surface area contributed by atoms with Gasteiger partial charge >= 0.3 is 5.97 Å². The van der Waals surface area contributed by atoms with Crippen LogP contribution in [0.2, 0.25) is 0 Å². The second-order valence-electron chi connectivity index (χ2n) is 3.48. The zero-order valence-corrected chi connectivity index (χ0v) is 8.91. The third kappa shape index (κ3) is 2.57. The minimum atomic E-state index is -0.976. The first kappa shape index (κ1) is 11.1. The van der Waals surface area contributed by atoms with Gasteiger partial charge in [0.05, 0.1) is 17.8 Å². The van der Waals surface area contributed by atoms with Gasteiger partial charge < -0.3 is 5.11 Å². The van der Waals surface area contributed by atoms with Crippen LogP contribution in [0, 0.1) is 0 Å². The van der Waals surface area contributed by atoms with Gasteiger partial charge in [-0.3, -0.25) is 9.59 Å². The van der Waals surface area contributed by atoms with E-state index >= 15 is 0 Å². The highest BCUT2D eigenvalue weighted by Crippen LogP contribution is 2.02. The lowest BCUT2D eigenvalue weighted by atomic mass is 10.3. The van der Waals surface area contributed by atoms with Gasteiger partial charge in [-0.1, -0.05) is 18.2 Å². The van der Waals surface area contributed by atoms with Crippen molar-refractivity contribution in [2.75, 3.05) is 0 Å². The molecule has 0 fully saturated rings. The van der Waals surface area contributed by atoms with Crippen molar-refractivity contribution in [1.29, 1.82) is 0 Å². The van der Waals surface area contributed by atoms with Crippen LogP contribution >= 0.6 is 0 Å². The molecule has 0 bridgehead atoms. The summed E-state index contributed by atoms with van der Waals surface area (Å²) in [6.07, 6.45) is -0.201. The van der Waals surface area contributed by atoms with E-state index in [2.05, 4.69) is 5.10 Å². The predicted octanol–water partition coefficient (Wildman–Crippen LogP) is 0.860. The quantitative estimate of drug-likeness (QED) is 0.848. The molecule has 0 aliphatic heterocycles. The van der Waals surface area contributed by atoms with Crippen LogP contribution in [0.1, 0.15) is 5.69 Å². The van der Waals surface area contributed by atoms with Crippen LogP contribution in [-0.4, -0.2) is 20.9 Å². The SMILES string of the molecule is O=C(O)Cc1ccc(=O)n(-c2ccccc2)n1. The molecule has 0 saturated carbocycles. The van der Waals surface area contributed by atoms with Crippen molar-refractivity contribution < 1.29 is 9.90 Å². The highest BCUT2D eigenvalue weighted by atomic mass is 16.4. The van der Waals surface area contributed by atoms with Crippen molar-refractivity contribution in [2.45, 2.75) is 6.42 Å². The summed E-state index contributed by atoms with van der Waals surface area (Å²) in [5, 5.41) is 12.7. The minimum absolute atomic E-state index is 0.201. The highest BCUT2D eigenvalue weighted by Gasteiger charge is 2.05. The number of hydrogen-bond donors (Lipinski definition) is 1. The van der Waals surface area contributed by atoms with Gasteiger partial charge in [0, 0.05) is 6.07 Å². The summed E-state index contributed by atoms with van der Waals surface area (Å²) in [7, 11) is 0. The van der Waals surface area contributed by atoms with Crippen LogP contribution < -0.4 is 5.56 Å². The highest BCUT2D eigenvalue weighted by molar-refractivity contribution is 5.69. The van der Waals surface area contributed by atoms with Gasteiger partial charge in [-0.25, -0.2) is 0 Å². The fourth-order valence-electron chi connectivity index (χ4n) is 1.45. The van der Waals surface area contributed by atoms with Crippen LogP contribution in [0.15, 0.2) is 47.3 Å². The molecule has 0 atom stereocenters. The number of carboxylic acids is 1. The van der Waals surface area contributed by atoms with Crippen LogP contribution in [0.3, 0.4) is 0 Å². The Bertz CT molecular complexity index is 590. The molecule has 1 N–H and O–H groups in total. The maximum absolute atomic E-state index is 11.6. The third-order valence-electron chi connectivity index (χ3n) is 2.19. The van der Waals surface area contributed by atoms with Gasteiger partial charge in [0.2, 0.25) is 0 Å². The van der Waals surface area contributed by atoms with Crippen LogP contribution in [-0.2, 0) is 11.2 Å². The van der Waals surface area contributed by atoms with E-state index < -0.39 is 5.97 Å². The molecule has 5 nitrogen and oxygen atoms in total.